The van der Waals surface area contributed by atoms with Crippen LogP contribution in [0.15, 0.2) is 30.4 Å². The summed E-state index contributed by atoms with van der Waals surface area (Å²) >= 11 is 0. The van der Waals surface area contributed by atoms with Gasteiger partial charge in [-0.2, -0.15) is 4.39 Å². The summed E-state index contributed by atoms with van der Waals surface area (Å²) in [6.45, 7) is 0.668. The van der Waals surface area contributed by atoms with Gasteiger partial charge in [0.25, 0.3) is 5.91 Å². The third-order valence-electron chi connectivity index (χ3n) is 5.94. The normalized spacial score (nSPS) is 26.7. The number of hydrogen-bond acceptors (Lipinski definition) is 7. The maximum atomic E-state index is 13.4. The Balaban J connectivity index is 1.34. The van der Waals surface area contributed by atoms with Crippen molar-refractivity contribution in [1.82, 2.24) is 4.90 Å². The van der Waals surface area contributed by atoms with Crippen LogP contribution in [-0.4, -0.2) is 46.2 Å². The molecule has 1 aromatic rings. The molecular weight excluding hydrogens is 413 g/mol. The SMILES string of the molecule is CC(OC(=O)CN1C(=O)C2C3C=CC(C3)C2C1=O)C(=O)Nc1ccc(F)c([N+](=O)[O-])c1. The molecule has 162 valence electrons. The standard InChI is InChI=1S/C20H18FN3O7/c1-9(18(26)22-12-4-5-13(21)14(7-12)24(29)30)31-15(25)8-23-19(27)16-10-2-3-11(6-10)17(16)20(23)28/h2-5,7,9-11,16-17H,6,8H2,1H3,(H,22,26). The molecule has 1 aliphatic heterocycles. The molecule has 0 aromatic heterocycles. The van der Waals surface area contributed by atoms with E-state index in [1.807, 2.05) is 12.2 Å². The van der Waals surface area contributed by atoms with E-state index in [1.54, 1.807) is 0 Å². The number of ether oxygens (including phenoxy) is 1. The van der Waals surface area contributed by atoms with Crippen molar-refractivity contribution in [1.29, 1.82) is 0 Å². The number of imide groups is 1. The fourth-order valence-electron chi connectivity index (χ4n) is 4.51. The minimum atomic E-state index is -1.32. The number of halogens is 1. The molecule has 1 N–H and O–H groups in total. The lowest BCUT2D eigenvalue weighted by molar-refractivity contribution is -0.387. The average Bonchev–Trinajstić information content (AvgIpc) is 3.39. The summed E-state index contributed by atoms with van der Waals surface area (Å²) in [5.41, 5.74) is -0.871. The first-order valence-corrected chi connectivity index (χ1v) is 9.65. The summed E-state index contributed by atoms with van der Waals surface area (Å²) in [5, 5.41) is 13.1. The number of anilines is 1. The van der Waals surface area contributed by atoms with E-state index >= 15 is 0 Å². The van der Waals surface area contributed by atoms with Crippen molar-refractivity contribution in [2.24, 2.45) is 23.7 Å². The van der Waals surface area contributed by atoms with E-state index < -0.39 is 64.6 Å². The van der Waals surface area contributed by atoms with Crippen LogP contribution in [0.3, 0.4) is 0 Å². The van der Waals surface area contributed by atoms with Crippen LogP contribution in [0.2, 0.25) is 0 Å². The monoisotopic (exact) mass is 431 g/mol. The van der Waals surface area contributed by atoms with E-state index in [4.69, 9.17) is 4.74 Å². The number of nitrogens with zero attached hydrogens (tertiary/aromatic N) is 2. The van der Waals surface area contributed by atoms with Crippen LogP contribution in [0.1, 0.15) is 13.3 Å². The Hall–Kier alpha value is -3.63. The molecule has 1 heterocycles. The van der Waals surface area contributed by atoms with Gasteiger partial charge in [0.2, 0.25) is 17.6 Å². The van der Waals surface area contributed by atoms with E-state index in [1.165, 1.54) is 6.92 Å². The number of esters is 1. The van der Waals surface area contributed by atoms with Gasteiger partial charge >= 0.3 is 11.7 Å². The highest BCUT2D eigenvalue weighted by Crippen LogP contribution is 2.52. The number of hydrogen-bond donors (Lipinski definition) is 1. The zero-order valence-corrected chi connectivity index (χ0v) is 16.3. The van der Waals surface area contributed by atoms with Gasteiger partial charge in [-0.25, -0.2) is 0 Å². The predicted octanol–water partition coefficient (Wildman–Crippen LogP) is 1.41. The van der Waals surface area contributed by atoms with Crippen LogP contribution in [0.25, 0.3) is 0 Å². The summed E-state index contributed by atoms with van der Waals surface area (Å²) < 4.78 is 18.4. The Morgan fingerprint density at radius 3 is 2.45 bits per heavy atom. The van der Waals surface area contributed by atoms with E-state index in [0.29, 0.717) is 0 Å². The number of likely N-dealkylation sites (tertiary alicyclic amines) is 1. The minimum absolute atomic E-state index is 0.0111. The molecule has 2 aliphatic carbocycles. The minimum Gasteiger partial charge on any atom is -0.451 e. The Morgan fingerprint density at radius 2 is 1.87 bits per heavy atom. The first-order chi connectivity index (χ1) is 14.7. The van der Waals surface area contributed by atoms with Gasteiger partial charge in [-0.3, -0.25) is 34.2 Å². The van der Waals surface area contributed by atoms with Crippen molar-refractivity contribution in [3.8, 4) is 0 Å². The Bertz CT molecular complexity index is 1010. The summed E-state index contributed by atoms with van der Waals surface area (Å²) in [7, 11) is 0. The van der Waals surface area contributed by atoms with Crippen molar-refractivity contribution in [3.63, 3.8) is 0 Å². The zero-order chi connectivity index (χ0) is 22.4. The van der Waals surface area contributed by atoms with Crippen LogP contribution in [-0.2, 0) is 23.9 Å². The summed E-state index contributed by atoms with van der Waals surface area (Å²) in [4.78, 5) is 60.4. The molecule has 31 heavy (non-hydrogen) atoms. The highest BCUT2D eigenvalue weighted by Gasteiger charge is 2.59. The van der Waals surface area contributed by atoms with Crippen molar-refractivity contribution in [2.45, 2.75) is 19.4 Å². The van der Waals surface area contributed by atoms with E-state index in [0.717, 1.165) is 29.5 Å². The summed E-state index contributed by atoms with van der Waals surface area (Å²) in [5.74, 6) is -4.47. The number of fused-ring (bicyclic) bond motifs is 5. The molecular formula is C20H18FN3O7. The number of carbonyl (C=O) groups is 4. The first-order valence-electron chi connectivity index (χ1n) is 9.65. The van der Waals surface area contributed by atoms with Gasteiger partial charge in [-0.15, -0.1) is 0 Å². The maximum Gasteiger partial charge on any atom is 0.326 e. The van der Waals surface area contributed by atoms with Crippen molar-refractivity contribution in [2.75, 3.05) is 11.9 Å². The topological polar surface area (TPSA) is 136 Å². The number of rotatable bonds is 6. The number of benzene rings is 1. The van der Waals surface area contributed by atoms with Crippen LogP contribution < -0.4 is 5.32 Å². The first kappa shape index (κ1) is 20.6. The predicted molar refractivity (Wildman–Crippen MR) is 102 cm³/mol. The molecule has 0 radical (unpaired) electrons. The average molecular weight is 431 g/mol. The lowest BCUT2D eigenvalue weighted by Gasteiger charge is -2.18. The maximum absolute atomic E-state index is 13.4. The fourth-order valence-corrected chi connectivity index (χ4v) is 4.51. The molecule has 2 bridgehead atoms. The second kappa shape index (κ2) is 7.56. The molecule has 1 aromatic carbocycles. The van der Waals surface area contributed by atoms with E-state index in [-0.39, 0.29) is 17.5 Å². The van der Waals surface area contributed by atoms with Crippen molar-refractivity contribution >= 4 is 35.1 Å². The molecule has 3 amide bonds. The Kier molecular flexibility index (Phi) is 5.03. The highest BCUT2D eigenvalue weighted by molar-refractivity contribution is 6.08. The molecule has 10 nitrogen and oxygen atoms in total. The van der Waals surface area contributed by atoms with Crippen molar-refractivity contribution in [3.05, 3.63) is 46.3 Å². The number of nitro groups is 1. The highest BCUT2D eigenvalue weighted by atomic mass is 19.1. The van der Waals surface area contributed by atoms with Gasteiger partial charge in [0.1, 0.15) is 6.54 Å². The van der Waals surface area contributed by atoms with Gasteiger partial charge in [-0.05, 0) is 37.3 Å². The third kappa shape index (κ3) is 3.56. The largest absolute Gasteiger partial charge is 0.451 e. The fraction of sp³-hybridized carbons (Fsp3) is 0.400. The number of nitrogens with one attached hydrogen (secondary N) is 1. The number of carbonyl (C=O) groups excluding carboxylic acids is 4. The molecule has 1 saturated carbocycles. The van der Waals surface area contributed by atoms with Gasteiger partial charge in [0.05, 0.1) is 16.8 Å². The van der Waals surface area contributed by atoms with Crippen LogP contribution in [0.4, 0.5) is 15.8 Å². The van der Waals surface area contributed by atoms with Crippen LogP contribution in [0, 0.1) is 39.6 Å². The van der Waals surface area contributed by atoms with Gasteiger partial charge in [0, 0.05) is 11.8 Å². The lowest BCUT2D eigenvalue weighted by Crippen LogP contribution is -2.40. The van der Waals surface area contributed by atoms with Gasteiger partial charge < -0.3 is 10.1 Å². The van der Waals surface area contributed by atoms with E-state index in [9.17, 15) is 33.7 Å². The number of nitro benzene ring substituents is 1. The molecule has 0 spiro atoms. The van der Waals surface area contributed by atoms with Crippen LogP contribution >= 0.6 is 0 Å². The smallest absolute Gasteiger partial charge is 0.326 e. The number of amides is 3. The number of allylic oxidation sites excluding steroid dienone is 2. The quantitative estimate of drug-likeness (QED) is 0.236. The summed E-state index contributed by atoms with van der Waals surface area (Å²) in [6, 6.07) is 2.79. The molecule has 2 fully saturated rings. The van der Waals surface area contributed by atoms with Crippen LogP contribution in [0.5, 0.6) is 0 Å². The van der Waals surface area contributed by atoms with E-state index in [2.05, 4.69) is 5.32 Å². The molecule has 5 unspecified atom stereocenters. The van der Waals surface area contributed by atoms with Gasteiger partial charge in [-0.1, -0.05) is 12.2 Å². The molecule has 3 aliphatic rings. The van der Waals surface area contributed by atoms with Crippen molar-refractivity contribution < 1.29 is 33.2 Å². The molecule has 4 rings (SSSR count). The second-order valence-electron chi connectivity index (χ2n) is 7.81. The second-order valence-corrected chi connectivity index (χ2v) is 7.81. The van der Waals surface area contributed by atoms with Gasteiger partial charge in [0.15, 0.2) is 6.10 Å². The molecule has 11 heteroatoms. The Labute approximate surface area is 175 Å². The zero-order valence-electron chi connectivity index (χ0n) is 16.3. The summed E-state index contributed by atoms with van der Waals surface area (Å²) in [6.07, 6.45) is 3.32. The molecule has 5 atom stereocenters. The molecule has 1 saturated heterocycles. The Morgan fingerprint density at radius 1 is 1.26 bits per heavy atom. The third-order valence-corrected chi connectivity index (χ3v) is 5.94. The lowest BCUT2D eigenvalue weighted by atomic mass is 9.85.